The highest BCUT2D eigenvalue weighted by molar-refractivity contribution is 14.1. The summed E-state index contributed by atoms with van der Waals surface area (Å²) >= 11 is 2.19. The van der Waals surface area contributed by atoms with E-state index in [1.807, 2.05) is 25.1 Å². The van der Waals surface area contributed by atoms with Crippen molar-refractivity contribution in [2.75, 3.05) is 24.1 Å². The van der Waals surface area contributed by atoms with Crippen LogP contribution in [-0.2, 0) is 4.79 Å². The second kappa shape index (κ2) is 6.57. The van der Waals surface area contributed by atoms with Gasteiger partial charge in [-0.15, -0.1) is 0 Å². The quantitative estimate of drug-likeness (QED) is 0.569. The predicted molar refractivity (Wildman–Crippen MR) is 75.4 cm³/mol. The van der Waals surface area contributed by atoms with Gasteiger partial charge in [0.1, 0.15) is 0 Å². The Hall–Kier alpha value is -0.980. The molecule has 0 spiro atoms. The molecule has 0 fully saturated rings. The minimum absolute atomic E-state index is 0.00877. The molecule has 16 heavy (non-hydrogen) atoms. The Bertz CT molecular complexity index is 368. The molecule has 0 radical (unpaired) electrons. The number of halogens is 1. The highest BCUT2D eigenvalue weighted by Crippen LogP contribution is 2.20. The van der Waals surface area contributed by atoms with E-state index in [1.165, 1.54) is 0 Å². The molecule has 88 valence electrons. The van der Waals surface area contributed by atoms with Crippen LogP contribution in [0.15, 0.2) is 18.2 Å². The zero-order valence-electron chi connectivity index (χ0n) is 9.22. The van der Waals surface area contributed by atoms with Gasteiger partial charge in [-0.3, -0.25) is 4.79 Å². The largest absolute Gasteiger partial charge is 0.399 e. The second-order valence-corrected chi connectivity index (χ2v) is 4.60. The fraction of sp³-hybridized carbons (Fsp3) is 0.364. The topological polar surface area (TPSA) is 67.2 Å². The van der Waals surface area contributed by atoms with Crippen LogP contribution < -0.4 is 16.4 Å². The van der Waals surface area contributed by atoms with Gasteiger partial charge in [-0.25, -0.2) is 0 Å². The first-order valence-electron chi connectivity index (χ1n) is 5.19. The number of nitrogens with one attached hydrogen (secondary N) is 2. The summed E-state index contributed by atoms with van der Waals surface area (Å²) in [6, 6.07) is 5.56. The highest BCUT2D eigenvalue weighted by Gasteiger charge is 2.02. The van der Waals surface area contributed by atoms with Crippen molar-refractivity contribution >= 4 is 39.9 Å². The summed E-state index contributed by atoms with van der Waals surface area (Å²) in [6.07, 6.45) is 0.950. The van der Waals surface area contributed by atoms with Crippen LogP contribution in [0.1, 0.15) is 13.3 Å². The summed E-state index contributed by atoms with van der Waals surface area (Å²) in [6.45, 7) is 3.04. The summed E-state index contributed by atoms with van der Waals surface area (Å²) < 4.78 is 1.01. The lowest BCUT2D eigenvalue weighted by Gasteiger charge is -2.09. The second-order valence-electron chi connectivity index (χ2n) is 3.44. The third-order valence-electron chi connectivity index (χ3n) is 2.00. The fourth-order valence-corrected chi connectivity index (χ4v) is 1.91. The molecule has 0 aliphatic carbocycles. The SMILES string of the molecule is CCCNC(=O)CNc1ccc(N)cc1I. The van der Waals surface area contributed by atoms with Gasteiger partial charge in [0.25, 0.3) is 0 Å². The van der Waals surface area contributed by atoms with E-state index >= 15 is 0 Å². The normalized spacial score (nSPS) is 9.88. The first-order chi connectivity index (χ1) is 7.63. The molecule has 0 atom stereocenters. The first-order valence-corrected chi connectivity index (χ1v) is 6.27. The average Bonchev–Trinajstić information content (AvgIpc) is 2.25. The van der Waals surface area contributed by atoms with Crippen molar-refractivity contribution in [3.05, 3.63) is 21.8 Å². The standard InChI is InChI=1S/C11H16IN3O/c1-2-5-14-11(16)7-15-10-4-3-8(13)6-9(10)12/h3-4,6,15H,2,5,7,13H2,1H3,(H,14,16). The van der Waals surface area contributed by atoms with Gasteiger partial charge in [0, 0.05) is 21.5 Å². The van der Waals surface area contributed by atoms with Crippen molar-refractivity contribution in [2.45, 2.75) is 13.3 Å². The summed E-state index contributed by atoms with van der Waals surface area (Å²) in [7, 11) is 0. The maximum absolute atomic E-state index is 11.4. The molecule has 0 unspecified atom stereocenters. The van der Waals surface area contributed by atoms with Gasteiger partial charge < -0.3 is 16.4 Å². The molecule has 0 aliphatic heterocycles. The number of hydrogen-bond donors (Lipinski definition) is 3. The van der Waals surface area contributed by atoms with Gasteiger partial charge in [0.2, 0.25) is 5.91 Å². The molecule has 4 N–H and O–H groups in total. The van der Waals surface area contributed by atoms with Crippen molar-refractivity contribution in [3.63, 3.8) is 0 Å². The summed E-state index contributed by atoms with van der Waals surface area (Å²) in [5, 5.41) is 5.88. The third kappa shape index (κ3) is 4.26. The third-order valence-corrected chi connectivity index (χ3v) is 2.90. The molecule has 0 aromatic heterocycles. The lowest BCUT2D eigenvalue weighted by molar-refractivity contribution is -0.119. The van der Waals surface area contributed by atoms with Crippen LogP contribution in [0.5, 0.6) is 0 Å². The number of amides is 1. The maximum atomic E-state index is 11.4. The molecule has 1 rings (SSSR count). The molecule has 4 nitrogen and oxygen atoms in total. The Morgan fingerprint density at radius 1 is 1.50 bits per heavy atom. The summed E-state index contributed by atoms with van der Waals surface area (Å²) in [4.78, 5) is 11.4. The molecule has 0 heterocycles. The molecule has 0 bridgehead atoms. The van der Waals surface area contributed by atoms with Crippen LogP contribution in [0.3, 0.4) is 0 Å². The van der Waals surface area contributed by atoms with E-state index in [2.05, 4.69) is 33.2 Å². The van der Waals surface area contributed by atoms with Gasteiger partial charge >= 0.3 is 0 Å². The van der Waals surface area contributed by atoms with Gasteiger partial charge in [-0.1, -0.05) is 6.92 Å². The van der Waals surface area contributed by atoms with Crippen LogP contribution in [0.25, 0.3) is 0 Å². The van der Waals surface area contributed by atoms with Crippen LogP contribution >= 0.6 is 22.6 Å². The van der Waals surface area contributed by atoms with Gasteiger partial charge in [0.05, 0.1) is 6.54 Å². The van der Waals surface area contributed by atoms with Crippen molar-refractivity contribution in [2.24, 2.45) is 0 Å². The fourth-order valence-electron chi connectivity index (χ4n) is 1.18. The minimum atomic E-state index is 0.00877. The van der Waals surface area contributed by atoms with E-state index < -0.39 is 0 Å². The molecule has 0 aliphatic rings. The summed E-state index contributed by atoms with van der Waals surface area (Å²) in [5.74, 6) is 0.00877. The molecule has 1 aromatic carbocycles. The van der Waals surface area contributed by atoms with E-state index in [1.54, 1.807) is 0 Å². The van der Waals surface area contributed by atoms with E-state index in [-0.39, 0.29) is 5.91 Å². The van der Waals surface area contributed by atoms with Crippen LogP contribution in [0.4, 0.5) is 11.4 Å². The number of nitrogen functional groups attached to an aromatic ring is 1. The van der Waals surface area contributed by atoms with Crippen LogP contribution in [0.2, 0.25) is 0 Å². The molecular weight excluding hydrogens is 317 g/mol. The Morgan fingerprint density at radius 3 is 2.88 bits per heavy atom. The van der Waals surface area contributed by atoms with Crippen molar-refractivity contribution in [1.29, 1.82) is 0 Å². The molecule has 0 saturated heterocycles. The van der Waals surface area contributed by atoms with Crippen molar-refractivity contribution < 1.29 is 4.79 Å². The lowest BCUT2D eigenvalue weighted by atomic mass is 10.3. The number of rotatable bonds is 5. The zero-order valence-corrected chi connectivity index (χ0v) is 11.4. The van der Waals surface area contributed by atoms with Crippen LogP contribution in [-0.4, -0.2) is 19.0 Å². The molecular formula is C11H16IN3O. The molecule has 0 saturated carbocycles. The van der Waals surface area contributed by atoms with Gasteiger partial charge in [0.15, 0.2) is 0 Å². The Kier molecular flexibility index (Phi) is 5.37. The minimum Gasteiger partial charge on any atom is -0.399 e. The highest BCUT2D eigenvalue weighted by atomic mass is 127. The number of nitrogens with two attached hydrogens (primary N) is 1. The van der Waals surface area contributed by atoms with E-state index in [9.17, 15) is 4.79 Å². The lowest BCUT2D eigenvalue weighted by Crippen LogP contribution is -2.30. The molecule has 1 aromatic rings. The average molecular weight is 333 g/mol. The predicted octanol–water partition coefficient (Wildman–Crippen LogP) is 1.81. The number of anilines is 2. The van der Waals surface area contributed by atoms with Crippen LogP contribution in [0, 0.1) is 3.57 Å². The van der Waals surface area contributed by atoms with Crippen molar-refractivity contribution in [3.8, 4) is 0 Å². The number of carbonyl (C=O) groups is 1. The number of hydrogen-bond acceptors (Lipinski definition) is 3. The van der Waals surface area contributed by atoms with E-state index in [4.69, 9.17) is 5.73 Å². The monoisotopic (exact) mass is 333 g/mol. The van der Waals surface area contributed by atoms with E-state index in [0.717, 1.165) is 27.9 Å². The smallest absolute Gasteiger partial charge is 0.239 e. The Labute approximate surface area is 109 Å². The molecule has 5 heteroatoms. The zero-order chi connectivity index (χ0) is 12.0. The van der Waals surface area contributed by atoms with Gasteiger partial charge in [-0.2, -0.15) is 0 Å². The number of benzene rings is 1. The summed E-state index contributed by atoms with van der Waals surface area (Å²) in [5.41, 5.74) is 7.30. The Morgan fingerprint density at radius 2 is 2.25 bits per heavy atom. The van der Waals surface area contributed by atoms with Gasteiger partial charge in [-0.05, 0) is 47.2 Å². The van der Waals surface area contributed by atoms with E-state index in [0.29, 0.717) is 6.54 Å². The first kappa shape index (κ1) is 13.1. The number of carbonyl (C=O) groups excluding carboxylic acids is 1. The van der Waals surface area contributed by atoms with Crippen molar-refractivity contribution in [1.82, 2.24) is 5.32 Å². The maximum Gasteiger partial charge on any atom is 0.239 e. The Balaban J connectivity index is 2.45. The molecule has 1 amide bonds.